The van der Waals surface area contributed by atoms with Crippen LogP contribution in [0.5, 0.6) is 0 Å². The van der Waals surface area contributed by atoms with Crippen LogP contribution < -0.4 is 5.32 Å². The third-order valence-corrected chi connectivity index (χ3v) is 3.97. The number of carbonyl (C=O) groups excluding carboxylic acids is 1. The number of ether oxygens (including phenoxy) is 1. The van der Waals surface area contributed by atoms with Gasteiger partial charge in [0.25, 0.3) is 0 Å². The molecule has 1 heterocycles. The Morgan fingerprint density at radius 1 is 1.59 bits per heavy atom. The van der Waals surface area contributed by atoms with E-state index in [9.17, 15) is 4.79 Å². The Bertz CT molecular complexity index is 248. The van der Waals surface area contributed by atoms with Gasteiger partial charge in [0.1, 0.15) is 6.04 Å². The fourth-order valence-corrected chi connectivity index (χ4v) is 2.40. The average molecular weight is 242 g/mol. The molecule has 0 amide bonds. The highest BCUT2D eigenvalue weighted by Crippen LogP contribution is 2.18. The van der Waals surface area contributed by atoms with Crippen LogP contribution in [0.15, 0.2) is 0 Å². The van der Waals surface area contributed by atoms with Crippen molar-refractivity contribution in [2.75, 3.05) is 20.7 Å². The molecule has 1 N–H and O–H groups in total. The Morgan fingerprint density at radius 2 is 2.24 bits per heavy atom. The molecule has 1 aliphatic rings. The zero-order chi connectivity index (χ0) is 13.0. The SMILES string of the molecule is CCC(C)C(NC1CC(C)N(C)C1)C(=O)OC. The topological polar surface area (TPSA) is 41.6 Å². The molecular weight excluding hydrogens is 216 g/mol. The fraction of sp³-hybridized carbons (Fsp3) is 0.923. The van der Waals surface area contributed by atoms with Crippen molar-refractivity contribution >= 4 is 5.97 Å². The van der Waals surface area contributed by atoms with Crippen LogP contribution in [0.2, 0.25) is 0 Å². The van der Waals surface area contributed by atoms with Gasteiger partial charge in [-0.3, -0.25) is 4.79 Å². The van der Waals surface area contributed by atoms with Crippen molar-refractivity contribution in [1.29, 1.82) is 0 Å². The van der Waals surface area contributed by atoms with E-state index >= 15 is 0 Å². The minimum absolute atomic E-state index is 0.137. The Balaban J connectivity index is 2.58. The molecule has 17 heavy (non-hydrogen) atoms. The van der Waals surface area contributed by atoms with Crippen LogP contribution in [0.3, 0.4) is 0 Å². The van der Waals surface area contributed by atoms with E-state index in [2.05, 4.69) is 38.0 Å². The van der Waals surface area contributed by atoms with Crippen molar-refractivity contribution in [2.24, 2.45) is 5.92 Å². The van der Waals surface area contributed by atoms with E-state index in [4.69, 9.17) is 4.74 Å². The monoisotopic (exact) mass is 242 g/mol. The summed E-state index contributed by atoms with van der Waals surface area (Å²) in [6, 6.07) is 0.810. The molecule has 0 aromatic heterocycles. The summed E-state index contributed by atoms with van der Waals surface area (Å²) in [4.78, 5) is 14.1. The largest absolute Gasteiger partial charge is 0.468 e. The highest BCUT2D eigenvalue weighted by molar-refractivity contribution is 5.76. The number of esters is 1. The van der Waals surface area contributed by atoms with Gasteiger partial charge in [-0.05, 0) is 26.3 Å². The maximum absolute atomic E-state index is 11.8. The molecule has 1 fully saturated rings. The number of rotatable bonds is 5. The number of likely N-dealkylation sites (tertiary alicyclic amines) is 1. The van der Waals surface area contributed by atoms with Gasteiger partial charge in [0.15, 0.2) is 0 Å². The van der Waals surface area contributed by atoms with Gasteiger partial charge in [0, 0.05) is 18.6 Å². The van der Waals surface area contributed by atoms with Gasteiger partial charge >= 0.3 is 5.97 Å². The molecule has 4 unspecified atom stereocenters. The lowest BCUT2D eigenvalue weighted by atomic mass is 9.98. The van der Waals surface area contributed by atoms with Gasteiger partial charge in [-0.25, -0.2) is 0 Å². The van der Waals surface area contributed by atoms with Crippen LogP contribution in [0.1, 0.15) is 33.6 Å². The van der Waals surface area contributed by atoms with Crippen molar-refractivity contribution < 1.29 is 9.53 Å². The number of likely N-dealkylation sites (N-methyl/N-ethyl adjacent to an activating group) is 1. The molecule has 1 saturated heterocycles. The number of nitrogens with zero attached hydrogens (tertiary/aromatic N) is 1. The number of hydrogen-bond donors (Lipinski definition) is 1. The number of carbonyl (C=O) groups is 1. The predicted octanol–water partition coefficient (Wildman–Crippen LogP) is 1.26. The second-order valence-corrected chi connectivity index (χ2v) is 5.27. The summed E-state index contributed by atoms with van der Waals surface area (Å²) in [6.45, 7) is 7.42. The van der Waals surface area contributed by atoms with Crippen LogP contribution >= 0.6 is 0 Å². The first-order chi connectivity index (χ1) is 7.99. The molecule has 0 aliphatic carbocycles. The van der Waals surface area contributed by atoms with Gasteiger partial charge in [-0.15, -0.1) is 0 Å². The Morgan fingerprint density at radius 3 is 2.65 bits per heavy atom. The smallest absolute Gasteiger partial charge is 0.323 e. The quantitative estimate of drug-likeness (QED) is 0.737. The van der Waals surface area contributed by atoms with Crippen LogP contribution in [0.25, 0.3) is 0 Å². The molecule has 0 saturated carbocycles. The van der Waals surface area contributed by atoms with Gasteiger partial charge in [-0.2, -0.15) is 0 Å². The standard InChI is InChI=1S/C13H26N2O2/c1-6-9(2)12(13(16)17-5)14-11-7-10(3)15(4)8-11/h9-12,14H,6-8H2,1-5H3. The third-order valence-electron chi connectivity index (χ3n) is 3.97. The molecule has 4 nitrogen and oxygen atoms in total. The van der Waals surface area contributed by atoms with Crippen molar-refractivity contribution in [3.05, 3.63) is 0 Å². The zero-order valence-electron chi connectivity index (χ0n) is 11.7. The van der Waals surface area contributed by atoms with E-state index in [0.717, 1.165) is 19.4 Å². The first kappa shape index (κ1) is 14.5. The normalized spacial score (nSPS) is 29.0. The highest BCUT2D eigenvalue weighted by atomic mass is 16.5. The van der Waals surface area contributed by atoms with Crippen molar-refractivity contribution in [2.45, 2.75) is 51.7 Å². The number of hydrogen-bond acceptors (Lipinski definition) is 4. The molecular formula is C13H26N2O2. The minimum atomic E-state index is -0.173. The maximum atomic E-state index is 11.8. The molecule has 0 radical (unpaired) electrons. The molecule has 100 valence electrons. The maximum Gasteiger partial charge on any atom is 0.323 e. The summed E-state index contributed by atoms with van der Waals surface area (Å²) in [5.74, 6) is 0.171. The third kappa shape index (κ3) is 3.68. The van der Waals surface area contributed by atoms with Gasteiger partial charge < -0.3 is 15.0 Å². The van der Waals surface area contributed by atoms with Gasteiger partial charge in [0.05, 0.1) is 7.11 Å². The van der Waals surface area contributed by atoms with E-state index in [1.54, 1.807) is 0 Å². The van der Waals surface area contributed by atoms with Crippen LogP contribution in [0, 0.1) is 5.92 Å². The summed E-state index contributed by atoms with van der Waals surface area (Å²) < 4.78 is 4.88. The highest BCUT2D eigenvalue weighted by Gasteiger charge is 2.32. The molecule has 4 heteroatoms. The molecule has 0 aromatic rings. The molecule has 0 aromatic carbocycles. The van der Waals surface area contributed by atoms with Crippen molar-refractivity contribution in [1.82, 2.24) is 10.2 Å². The van der Waals surface area contributed by atoms with E-state index in [-0.39, 0.29) is 12.0 Å². The summed E-state index contributed by atoms with van der Waals surface area (Å²) >= 11 is 0. The van der Waals surface area contributed by atoms with Gasteiger partial charge in [0.2, 0.25) is 0 Å². The lowest BCUT2D eigenvalue weighted by Crippen LogP contribution is -2.48. The summed E-state index contributed by atoms with van der Waals surface area (Å²) in [6.07, 6.45) is 2.07. The lowest BCUT2D eigenvalue weighted by Gasteiger charge is -2.25. The Labute approximate surface area is 105 Å². The summed E-state index contributed by atoms with van der Waals surface area (Å²) in [5.41, 5.74) is 0. The van der Waals surface area contributed by atoms with E-state index in [0.29, 0.717) is 18.0 Å². The number of methoxy groups -OCH3 is 1. The summed E-state index contributed by atoms with van der Waals surface area (Å²) in [5, 5.41) is 3.46. The molecule has 4 atom stereocenters. The van der Waals surface area contributed by atoms with Crippen molar-refractivity contribution in [3.63, 3.8) is 0 Å². The lowest BCUT2D eigenvalue weighted by molar-refractivity contribution is -0.144. The molecule has 1 aliphatic heterocycles. The predicted molar refractivity (Wildman–Crippen MR) is 68.9 cm³/mol. The fourth-order valence-electron chi connectivity index (χ4n) is 2.40. The van der Waals surface area contributed by atoms with Crippen molar-refractivity contribution in [3.8, 4) is 0 Å². The minimum Gasteiger partial charge on any atom is -0.468 e. The number of nitrogens with one attached hydrogen (secondary N) is 1. The van der Waals surface area contributed by atoms with Gasteiger partial charge in [-0.1, -0.05) is 20.3 Å². The molecule has 0 bridgehead atoms. The first-order valence-electron chi connectivity index (χ1n) is 6.53. The Kier molecular flexibility index (Phi) is 5.40. The van der Waals surface area contributed by atoms with E-state index in [1.165, 1.54) is 7.11 Å². The zero-order valence-corrected chi connectivity index (χ0v) is 11.7. The van der Waals surface area contributed by atoms with Crippen LogP contribution in [-0.4, -0.2) is 49.7 Å². The second-order valence-electron chi connectivity index (χ2n) is 5.27. The molecule has 0 spiro atoms. The first-order valence-corrected chi connectivity index (χ1v) is 6.53. The summed E-state index contributed by atoms with van der Waals surface area (Å²) in [7, 11) is 3.59. The Hall–Kier alpha value is -0.610. The second kappa shape index (κ2) is 6.36. The van der Waals surface area contributed by atoms with Crippen LogP contribution in [-0.2, 0) is 9.53 Å². The van der Waals surface area contributed by atoms with E-state index < -0.39 is 0 Å². The van der Waals surface area contributed by atoms with Crippen LogP contribution in [0.4, 0.5) is 0 Å². The van der Waals surface area contributed by atoms with E-state index in [1.807, 2.05) is 0 Å². The average Bonchev–Trinajstić information content (AvgIpc) is 2.63. The molecule has 1 rings (SSSR count).